The average molecular weight is 304 g/mol. The van der Waals surface area contributed by atoms with Gasteiger partial charge in [-0.15, -0.1) is 46.4 Å². The molecule has 0 aromatic heterocycles. The lowest BCUT2D eigenvalue weighted by Crippen LogP contribution is -2.28. The second-order valence-corrected chi connectivity index (χ2v) is 11.7. The van der Waals surface area contributed by atoms with Crippen LogP contribution in [0.4, 0.5) is 0 Å². The molecule has 0 bridgehead atoms. The van der Waals surface area contributed by atoms with Gasteiger partial charge in [0.15, 0.2) is 0 Å². The topological polar surface area (TPSA) is 0 Å². The van der Waals surface area contributed by atoms with Crippen LogP contribution in [0.5, 0.6) is 0 Å². The van der Waals surface area contributed by atoms with Crippen LogP contribution < -0.4 is 10.4 Å². The van der Waals surface area contributed by atoms with E-state index in [2.05, 4.69) is 18.2 Å². The first kappa shape index (κ1) is 12.9. The Balaban J connectivity index is 2.68. The van der Waals surface area contributed by atoms with E-state index in [1.165, 1.54) is 10.4 Å². The molecular formula is C8H10Cl4Si2. The fourth-order valence-electron chi connectivity index (χ4n) is 1.24. The Morgan fingerprint density at radius 2 is 1.29 bits per heavy atom. The summed E-state index contributed by atoms with van der Waals surface area (Å²) in [4.78, 5) is 0. The van der Waals surface area contributed by atoms with Crippen molar-refractivity contribution in [1.82, 2.24) is 0 Å². The molecule has 0 radical (unpaired) electrons. The summed E-state index contributed by atoms with van der Waals surface area (Å²) >= 11 is 23.0. The summed E-state index contributed by atoms with van der Waals surface area (Å²) in [7, 11) is -1.13. The molecule has 0 spiro atoms. The molecule has 6 heteroatoms. The third kappa shape index (κ3) is 5.05. The molecule has 1 aromatic rings. The largest absolute Gasteiger partial charge is 0.110 e. The summed E-state index contributed by atoms with van der Waals surface area (Å²) in [5.41, 5.74) is 0. The molecule has 1 aromatic carbocycles. The standard InChI is InChI=1S/C8H10Cl4Si2/c9-7(10)13-5-2-1-3-6(4-5)14-8(11)12/h1-4,7-8H,13-14H2. The number of rotatable bonds is 4. The van der Waals surface area contributed by atoms with Gasteiger partial charge in [-0.3, -0.25) is 0 Å². The average Bonchev–Trinajstić information content (AvgIpc) is 2.01. The Bertz CT molecular complexity index is 265. The molecule has 78 valence electrons. The van der Waals surface area contributed by atoms with Crippen molar-refractivity contribution >= 4 is 75.8 Å². The van der Waals surface area contributed by atoms with E-state index in [1.807, 2.05) is 6.07 Å². The molecule has 0 amide bonds. The van der Waals surface area contributed by atoms with E-state index in [0.717, 1.165) is 0 Å². The third-order valence-electron chi connectivity index (χ3n) is 1.77. The maximum absolute atomic E-state index is 5.76. The third-order valence-corrected chi connectivity index (χ3v) is 6.06. The number of hydrogen-bond donors (Lipinski definition) is 0. The summed E-state index contributed by atoms with van der Waals surface area (Å²) in [5, 5.41) is 2.55. The minimum atomic E-state index is -0.565. The zero-order valence-corrected chi connectivity index (χ0v) is 13.2. The Morgan fingerprint density at radius 1 is 0.857 bits per heavy atom. The van der Waals surface area contributed by atoms with Gasteiger partial charge >= 0.3 is 0 Å². The monoisotopic (exact) mass is 302 g/mol. The number of halogens is 4. The zero-order chi connectivity index (χ0) is 10.6. The van der Waals surface area contributed by atoms with Crippen LogP contribution >= 0.6 is 46.4 Å². The van der Waals surface area contributed by atoms with Crippen LogP contribution in [0.3, 0.4) is 0 Å². The normalized spacial score (nSPS) is 13.0. The van der Waals surface area contributed by atoms with E-state index in [0.29, 0.717) is 0 Å². The summed E-state index contributed by atoms with van der Waals surface area (Å²) in [6.07, 6.45) is 0. The summed E-state index contributed by atoms with van der Waals surface area (Å²) in [6.45, 7) is 0. The Kier molecular flexibility index (Phi) is 5.90. The molecule has 0 aliphatic carbocycles. The molecule has 1 rings (SSSR count). The van der Waals surface area contributed by atoms with E-state index >= 15 is 0 Å². The van der Waals surface area contributed by atoms with Gasteiger partial charge in [0, 0.05) is 0 Å². The van der Waals surface area contributed by atoms with Crippen molar-refractivity contribution in [1.29, 1.82) is 0 Å². The van der Waals surface area contributed by atoms with Gasteiger partial charge in [0.25, 0.3) is 0 Å². The molecule has 0 saturated heterocycles. The highest BCUT2D eigenvalue weighted by atomic mass is 35.5. The highest BCUT2D eigenvalue weighted by molar-refractivity contribution is 6.78. The molecule has 0 nitrogen and oxygen atoms in total. The van der Waals surface area contributed by atoms with Crippen molar-refractivity contribution in [3.05, 3.63) is 24.3 Å². The molecular weight excluding hydrogens is 294 g/mol. The molecule has 0 aliphatic rings. The van der Waals surface area contributed by atoms with Crippen LogP contribution in [0, 0.1) is 0 Å². The predicted molar refractivity (Wildman–Crippen MR) is 73.8 cm³/mol. The minimum absolute atomic E-state index is 0.213. The number of benzene rings is 1. The molecule has 0 heterocycles. The smallest absolute Gasteiger partial charge is 0.0957 e. The van der Waals surface area contributed by atoms with Gasteiger partial charge < -0.3 is 0 Å². The second-order valence-electron chi connectivity index (χ2n) is 3.01. The maximum Gasteiger partial charge on any atom is 0.0957 e. The van der Waals surface area contributed by atoms with Crippen molar-refractivity contribution in [3.8, 4) is 0 Å². The van der Waals surface area contributed by atoms with Crippen molar-refractivity contribution in [2.75, 3.05) is 0 Å². The zero-order valence-electron chi connectivity index (χ0n) is 7.39. The highest BCUT2D eigenvalue weighted by Gasteiger charge is 2.06. The van der Waals surface area contributed by atoms with Gasteiger partial charge in [-0.05, 0) is 0 Å². The van der Waals surface area contributed by atoms with Crippen LogP contribution in [0.25, 0.3) is 0 Å². The van der Waals surface area contributed by atoms with E-state index in [-0.39, 0.29) is 8.92 Å². The molecule has 0 saturated carbocycles. The van der Waals surface area contributed by atoms with Crippen LogP contribution in [0.2, 0.25) is 0 Å². The van der Waals surface area contributed by atoms with Gasteiger partial charge in [-0.1, -0.05) is 34.6 Å². The van der Waals surface area contributed by atoms with E-state index in [1.54, 1.807) is 0 Å². The Morgan fingerprint density at radius 3 is 1.64 bits per heavy atom. The van der Waals surface area contributed by atoms with Gasteiger partial charge in [-0.25, -0.2) is 0 Å². The van der Waals surface area contributed by atoms with E-state index < -0.39 is 19.0 Å². The molecule has 0 unspecified atom stereocenters. The van der Waals surface area contributed by atoms with E-state index in [9.17, 15) is 0 Å². The fraction of sp³-hybridized carbons (Fsp3) is 0.250. The van der Waals surface area contributed by atoms with E-state index in [4.69, 9.17) is 46.4 Å². The first-order valence-electron chi connectivity index (χ1n) is 4.22. The lowest BCUT2D eigenvalue weighted by Gasteiger charge is -2.05. The first-order chi connectivity index (χ1) is 6.58. The summed E-state index contributed by atoms with van der Waals surface area (Å²) < 4.78 is -0.426. The van der Waals surface area contributed by atoms with Crippen LogP contribution in [-0.2, 0) is 0 Å². The summed E-state index contributed by atoms with van der Waals surface area (Å²) in [5.74, 6) is 0. The van der Waals surface area contributed by atoms with Gasteiger partial charge in [0.2, 0.25) is 0 Å². The molecule has 0 N–H and O–H groups in total. The lowest BCUT2D eigenvalue weighted by atomic mass is 10.4. The Hall–Kier alpha value is 0.814. The fourth-order valence-corrected chi connectivity index (χ4v) is 5.68. The number of hydrogen-bond acceptors (Lipinski definition) is 0. The molecule has 0 atom stereocenters. The van der Waals surface area contributed by atoms with Gasteiger partial charge in [-0.2, -0.15) is 0 Å². The SMILES string of the molecule is ClC(Cl)[SiH2]c1cccc([SiH2]C(Cl)Cl)c1. The molecule has 0 fully saturated rings. The first-order valence-corrected chi connectivity index (χ1v) is 9.01. The highest BCUT2D eigenvalue weighted by Crippen LogP contribution is 2.00. The number of alkyl halides is 4. The van der Waals surface area contributed by atoms with Crippen molar-refractivity contribution in [2.45, 2.75) is 8.92 Å². The maximum atomic E-state index is 5.76. The van der Waals surface area contributed by atoms with Gasteiger partial charge in [0.1, 0.15) is 0 Å². The van der Waals surface area contributed by atoms with Crippen molar-refractivity contribution in [3.63, 3.8) is 0 Å². The van der Waals surface area contributed by atoms with Crippen LogP contribution in [-0.4, -0.2) is 28.0 Å². The predicted octanol–water partition coefficient (Wildman–Crippen LogP) is 0.797. The van der Waals surface area contributed by atoms with Crippen molar-refractivity contribution < 1.29 is 0 Å². The van der Waals surface area contributed by atoms with Crippen LogP contribution in [0.1, 0.15) is 0 Å². The quantitative estimate of drug-likeness (QED) is 0.570. The van der Waals surface area contributed by atoms with Crippen LogP contribution in [0.15, 0.2) is 24.3 Å². The lowest BCUT2D eigenvalue weighted by molar-refractivity contribution is 1.77. The van der Waals surface area contributed by atoms with Gasteiger partial charge in [0.05, 0.1) is 28.0 Å². The second kappa shape index (κ2) is 6.41. The molecule has 0 aliphatic heterocycles. The Labute approximate surface area is 109 Å². The molecule has 14 heavy (non-hydrogen) atoms. The summed E-state index contributed by atoms with van der Waals surface area (Å²) in [6, 6.07) is 8.31. The minimum Gasteiger partial charge on any atom is -0.110 e. The van der Waals surface area contributed by atoms with Crippen molar-refractivity contribution in [2.24, 2.45) is 0 Å².